The number of rotatable bonds is 7. The largest absolute Gasteiger partial charge is 0.324 e. The van der Waals surface area contributed by atoms with E-state index < -0.39 is 28.4 Å². The molecule has 31 heavy (non-hydrogen) atoms. The van der Waals surface area contributed by atoms with Crippen LogP contribution in [-0.2, 0) is 14.8 Å². The van der Waals surface area contributed by atoms with Gasteiger partial charge in [-0.1, -0.05) is 35.9 Å². The van der Waals surface area contributed by atoms with Gasteiger partial charge in [-0.15, -0.1) is 11.3 Å². The molecule has 0 aliphatic carbocycles. The molecule has 1 heterocycles. The van der Waals surface area contributed by atoms with E-state index in [1.807, 2.05) is 25.1 Å². The number of aryl methyl sites for hydroxylation is 1. The monoisotopic (exact) mass is 477 g/mol. The quantitative estimate of drug-likeness (QED) is 0.532. The van der Waals surface area contributed by atoms with Crippen LogP contribution in [0.5, 0.6) is 0 Å². The zero-order chi connectivity index (χ0) is 22.6. The number of halogens is 1. The second-order valence-electron chi connectivity index (χ2n) is 6.74. The SMILES string of the molecule is Cc1cccc(NC(=O)c2ccccc2NC(=O)CN(C)S(=O)(=O)c2ccc(Cl)s2)c1. The second-order valence-corrected chi connectivity index (χ2v) is 10.7. The Kier molecular flexibility index (Phi) is 7.11. The molecule has 1 aromatic heterocycles. The number of nitrogens with one attached hydrogen (secondary N) is 2. The lowest BCUT2D eigenvalue weighted by atomic mass is 10.1. The molecule has 0 radical (unpaired) electrons. The van der Waals surface area contributed by atoms with Crippen molar-refractivity contribution < 1.29 is 18.0 Å². The van der Waals surface area contributed by atoms with Gasteiger partial charge in [0.05, 0.1) is 22.1 Å². The molecule has 0 saturated heterocycles. The first-order valence-corrected chi connectivity index (χ1v) is 11.8. The van der Waals surface area contributed by atoms with Crippen LogP contribution in [0.4, 0.5) is 11.4 Å². The number of likely N-dealkylation sites (N-methyl/N-ethyl adjacent to an activating group) is 1. The smallest absolute Gasteiger partial charge is 0.257 e. The molecule has 10 heteroatoms. The van der Waals surface area contributed by atoms with E-state index >= 15 is 0 Å². The number of carbonyl (C=O) groups is 2. The van der Waals surface area contributed by atoms with Gasteiger partial charge in [0.25, 0.3) is 15.9 Å². The molecule has 3 aromatic rings. The van der Waals surface area contributed by atoms with Gasteiger partial charge in [-0.2, -0.15) is 4.31 Å². The summed E-state index contributed by atoms with van der Waals surface area (Å²) in [6.45, 7) is 1.49. The van der Waals surface area contributed by atoms with Crippen molar-refractivity contribution in [1.29, 1.82) is 0 Å². The van der Waals surface area contributed by atoms with Crippen LogP contribution >= 0.6 is 22.9 Å². The van der Waals surface area contributed by atoms with Gasteiger partial charge in [0.1, 0.15) is 4.21 Å². The van der Waals surface area contributed by atoms with Crippen molar-refractivity contribution in [2.75, 3.05) is 24.2 Å². The molecule has 0 aliphatic rings. The highest BCUT2D eigenvalue weighted by atomic mass is 35.5. The first kappa shape index (κ1) is 23.0. The molecule has 0 saturated carbocycles. The first-order chi connectivity index (χ1) is 14.7. The highest BCUT2D eigenvalue weighted by Crippen LogP contribution is 2.27. The van der Waals surface area contributed by atoms with Crippen molar-refractivity contribution in [2.45, 2.75) is 11.1 Å². The molecule has 0 bridgehead atoms. The molecular weight excluding hydrogens is 458 g/mol. The minimum Gasteiger partial charge on any atom is -0.324 e. The van der Waals surface area contributed by atoms with E-state index in [-0.39, 0.29) is 15.5 Å². The summed E-state index contributed by atoms with van der Waals surface area (Å²) in [4.78, 5) is 25.2. The van der Waals surface area contributed by atoms with Crippen LogP contribution in [0.15, 0.2) is 64.9 Å². The summed E-state index contributed by atoms with van der Waals surface area (Å²) in [7, 11) is -2.54. The summed E-state index contributed by atoms with van der Waals surface area (Å²) in [5.74, 6) is -0.972. The minimum absolute atomic E-state index is 0.0470. The average Bonchev–Trinajstić information content (AvgIpc) is 3.15. The molecule has 0 spiro atoms. The lowest BCUT2D eigenvalue weighted by Crippen LogP contribution is -2.35. The summed E-state index contributed by atoms with van der Waals surface area (Å²) in [5, 5.41) is 5.41. The summed E-state index contributed by atoms with van der Waals surface area (Å²) < 4.78 is 26.5. The third-order valence-electron chi connectivity index (χ3n) is 4.30. The summed E-state index contributed by atoms with van der Waals surface area (Å²) in [6, 6.07) is 16.7. The number of sulfonamides is 1. The molecule has 2 amide bonds. The number of thiophene rings is 1. The fourth-order valence-electron chi connectivity index (χ4n) is 2.78. The van der Waals surface area contributed by atoms with Crippen molar-refractivity contribution in [3.63, 3.8) is 0 Å². The Balaban J connectivity index is 1.71. The molecule has 162 valence electrons. The Labute approximate surface area is 189 Å². The molecule has 2 aromatic carbocycles. The normalized spacial score (nSPS) is 11.4. The second kappa shape index (κ2) is 9.61. The van der Waals surface area contributed by atoms with Gasteiger partial charge in [0.15, 0.2) is 0 Å². The topological polar surface area (TPSA) is 95.6 Å². The molecule has 0 aliphatic heterocycles. The number of hydrogen-bond donors (Lipinski definition) is 2. The number of para-hydroxylation sites is 1. The summed E-state index contributed by atoms with van der Waals surface area (Å²) in [5.41, 5.74) is 2.16. The zero-order valence-electron chi connectivity index (χ0n) is 16.8. The molecule has 2 N–H and O–H groups in total. The molecule has 0 fully saturated rings. The Morgan fingerprint density at radius 1 is 1.03 bits per heavy atom. The van der Waals surface area contributed by atoms with Crippen LogP contribution in [0.25, 0.3) is 0 Å². The van der Waals surface area contributed by atoms with Gasteiger partial charge >= 0.3 is 0 Å². The van der Waals surface area contributed by atoms with E-state index in [1.165, 1.54) is 19.2 Å². The Bertz CT molecular complexity index is 1220. The maximum absolute atomic E-state index is 12.7. The fraction of sp³-hybridized carbons (Fsp3) is 0.143. The standard InChI is InChI=1S/C21H20ClN3O4S2/c1-14-6-5-7-15(12-14)23-21(27)16-8-3-4-9-17(16)24-19(26)13-25(2)31(28,29)20-11-10-18(22)30-20/h3-12H,13H2,1-2H3,(H,23,27)(H,24,26). The van der Waals surface area contributed by atoms with Gasteiger partial charge < -0.3 is 10.6 Å². The molecule has 0 atom stereocenters. The van der Waals surface area contributed by atoms with Crippen LogP contribution in [0, 0.1) is 6.92 Å². The minimum atomic E-state index is -3.85. The predicted octanol–water partition coefficient (Wildman–Crippen LogP) is 4.22. The van der Waals surface area contributed by atoms with Gasteiger partial charge in [0.2, 0.25) is 5.91 Å². The van der Waals surface area contributed by atoms with Gasteiger partial charge in [-0.3, -0.25) is 9.59 Å². The Morgan fingerprint density at radius 2 is 1.77 bits per heavy atom. The van der Waals surface area contributed by atoms with E-state index in [0.717, 1.165) is 21.2 Å². The van der Waals surface area contributed by atoms with Crippen molar-refractivity contribution >= 4 is 56.2 Å². The van der Waals surface area contributed by atoms with Crippen LogP contribution in [0.2, 0.25) is 4.34 Å². The van der Waals surface area contributed by atoms with Crippen molar-refractivity contribution in [2.24, 2.45) is 0 Å². The number of anilines is 2. The summed E-state index contributed by atoms with van der Waals surface area (Å²) >= 11 is 6.73. The molecule has 7 nitrogen and oxygen atoms in total. The number of hydrogen-bond acceptors (Lipinski definition) is 5. The Morgan fingerprint density at radius 3 is 2.45 bits per heavy atom. The number of benzene rings is 2. The molecular formula is C21H20ClN3O4S2. The number of amides is 2. The third kappa shape index (κ3) is 5.71. The van der Waals surface area contributed by atoms with E-state index in [1.54, 1.807) is 30.3 Å². The lowest BCUT2D eigenvalue weighted by molar-refractivity contribution is -0.116. The van der Waals surface area contributed by atoms with E-state index in [0.29, 0.717) is 10.0 Å². The Hall–Kier alpha value is -2.72. The van der Waals surface area contributed by atoms with Crippen molar-refractivity contribution in [3.8, 4) is 0 Å². The van der Waals surface area contributed by atoms with Gasteiger partial charge in [0, 0.05) is 12.7 Å². The molecule has 0 unspecified atom stereocenters. The van der Waals surface area contributed by atoms with Crippen LogP contribution < -0.4 is 10.6 Å². The van der Waals surface area contributed by atoms with Gasteiger partial charge in [-0.05, 0) is 48.9 Å². The average molecular weight is 478 g/mol. The van der Waals surface area contributed by atoms with Crippen LogP contribution in [0.1, 0.15) is 15.9 Å². The molecule has 3 rings (SSSR count). The van der Waals surface area contributed by atoms with E-state index in [2.05, 4.69) is 10.6 Å². The number of carbonyl (C=O) groups excluding carboxylic acids is 2. The van der Waals surface area contributed by atoms with E-state index in [4.69, 9.17) is 11.6 Å². The van der Waals surface area contributed by atoms with Crippen molar-refractivity contribution in [3.05, 3.63) is 76.1 Å². The maximum Gasteiger partial charge on any atom is 0.257 e. The third-order valence-corrected chi connectivity index (χ3v) is 7.80. The van der Waals surface area contributed by atoms with Crippen molar-refractivity contribution in [1.82, 2.24) is 4.31 Å². The first-order valence-electron chi connectivity index (χ1n) is 9.15. The van der Waals surface area contributed by atoms with Crippen LogP contribution in [-0.4, -0.2) is 38.1 Å². The highest BCUT2D eigenvalue weighted by Gasteiger charge is 2.25. The van der Waals surface area contributed by atoms with Gasteiger partial charge in [-0.25, -0.2) is 8.42 Å². The summed E-state index contributed by atoms with van der Waals surface area (Å²) in [6.07, 6.45) is 0. The number of nitrogens with zero attached hydrogens (tertiary/aromatic N) is 1. The highest BCUT2D eigenvalue weighted by molar-refractivity contribution is 7.91. The fourth-order valence-corrected chi connectivity index (χ4v) is 5.60. The maximum atomic E-state index is 12.7. The van der Waals surface area contributed by atoms with Crippen LogP contribution in [0.3, 0.4) is 0 Å². The predicted molar refractivity (Wildman–Crippen MR) is 123 cm³/mol. The zero-order valence-corrected chi connectivity index (χ0v) is 19.1. The van der Waals surface area contributed by atoms with E-state index in [9.17, 15) is 18.0 Å². The lowest BCUT2D eigenvalue weighted by Gasteiger charge is -2.17.